The number of carbonyl (C=O) groups excluding carboxylic acids is 1. The number of hydrogen-bond donors (Lipinski definition) is 2. The molecule has 0 saturated heterocycles. The topological polar surface area (TPSA) is 87.5 Å². The molecule has 0 saturated carbocycles. The Labute approximate surface area is 102 Å². The number of nitro benzene ring substituents is 1. The minimum Gasteiger partial charge on any atom is -0.305 e. The first kappa shape index (κ1) is 13.2. The molecule has 0 radical (unpaired) electrons. The van der Waals surface area contributed by atoms with Gasteiger partial charge in [0.1, 0.15) is 0 Å². The van der Waals surface area contributed by atoms with Gasteiger partial charge in [-0.25, -0.2) is 9.80 Å². The lowest BCUT2D eigenvalue weighted by Crippen LogP contribution is -2.39. The fourth-order valence-electron chi connectivity index (χ4n) is 1.07. The van der Waals surface area contributed by atoms with Crippen molar-refractivity contribution >= 4 is 29.0 Å². The molecule has 0 heterocycles. The fourth-order valence-corrected chi connectivity index (χ4v) is 1.29. The summed E-state index contributed by atoms with van der Waals surface area (Å²) >= 11 is 5.79. The third kappa shape index (κ3) is 3.89. The summed E-state index contributed by atoms with van der Waals surface area (Å²) in [5.74, 6) is 0. The number of non-ortho nitro benzene ring substituents is 1. The molecular weight excluding hydrogens is 248 g/mol. The number of anilines is 1. The quantitative estimate of drug-likeness (QED) is 0.640. The number of nitrogens with zero attached hydrogens (tertiary/aromatic N) is 2. The Kier molecular flexibility index (Phi) is 4.24. The number of amides is 2. The Morgan fingerprint density at radius 3 is 2.59 bits per heavy atom. The second-order valence-corrected chi connectivity index (χ2v) is 3.79. The van der Waals surface area contributed by atoms with Crippen molar-refractivity contribution in [3.05, 3.63) is 33.3 Å². The Balaban J connectivity index is 2.79. The van der Waals surface area contributed by atoms with E-state index in [1.165, 1.54) is 23.2 Å². The van der Waals surface area contributed by atoms with Crippen LogP contribution in [0.3, 0.4) is 0 Å². The number of nitrogens with one attached hydrogen (secondary N) is 2. The summed E-state index contributed by atoms with van der Waals surface area (Å²) in [5.41, 5.74) is 2.62. The van der Waals surface area contributed by atoms with Crippen molar-refractivity contribution in [2.24, 2.45) is 0 Å². The fraction of sp³-hybridized carbons (Fsp3) is 0.222. The number of urea groups is 1. The van der Waals surface area contributed by atoms with E-state index < -0.39 is 11.0 Å². The van der Waals surface area contributed by atoms with Crippen LogP contribution in [-0.4, -0.2) is 30.1 Å². The molecule has 7 nitrogen and oxygen atoms in total. The predicted octanol–water partition coefficient (Wildman–Crippen LogP) is 1.85. The molecule has 0 aliphatic carbocycles. The van der Waals surface area contributed by atoms with E-state index in [1.807, 2.05) is 0 Å². The van der Waals surface area contributed by atoms with Gasteiger partial charge in [-0.3, -0.25) is 15.5 Å². The van der Waals surface area contributed by atoms with Crippen molar-refractivity contribution in [3.63, 3.8) is 0 Å². The maximum Gasteiger partial charge on any atom is 0.333 e. The van der Waals surface area contributed by atoms with Crippen LogP contribution in [0.1, 0.15) is 0 Å². The summed E-state index contributed by atoms with van der Waals surface area (Å²) in [4.78, 5) is 21.3. The zero-order valence-corrected chi connectivity index (χ0v) is 9.99. The van der Waals surface area contributed by atoms with Crippen molar-refractivity contribution in [2.75, 3.05) is 19.4 Å². The maximum absolute atomic E-state index is 11.3. The second-order valence-electron chi connectivity index (χ2n) is 3.38. The maximum atomic E-state index is 11.3. The van der Waals surface area contributed by atoms with Crippen LogP contribution in [0.15, 0.2) is 18.2 Å². The van der Waals surface area contributed by atoms with Crippen LogP contribution in [0.2, 0.25) is 5.02 Å². The lowest BCUT2D eigenvalue weighted by Gasteiger charge is -2.13. The number of halogens is 1. The third-order valence-electron chi connectivity index (χ3n) is 1.74. The van der Waals surface area contributed by atoms with E-state index in [0.29, 0.717) is 5.69 Å². The van der Waals surface area contributed by atoms with Crippen molar-refractivity contribution in [3.8, 4) is 0 Å². The van der Waals surface area contributed by atoms with Crippen LogP contribution in [0.25, 0.3) is 0 Å². The molecule has 2 N–H and O–H groups in total. The number of nitro groups is 1. The average molecular weight is 259 g/mol. The molecule has 0 aromatic heterocycles. The number of hydrazine groups is 1. The highest BCUT2D eigenvalue weighted by Gasteiger charge is 2.11. The Morgan fingerprint density at radius 1 is 1.47 bits per heavy atom. The van der Waals surface area contributed by atoms with Gasteiger partial charge in [0.25, 0.3) is 5.69 Å². The summed E-state index contributed by atoms with van der Waals surface area (Å²) in [7, 11) is 3.30. The SMILES string of the molecule is CN(C)NC(=O)Nc1ccc([N+](=O)[O-])cc1Cl. The van der Waals surface area contributed by atoms with Gasteiger partial charge < -0.3 is 5.32 Å². The smallest absolute Gasteiger partial charge is 0.305 e. The van der Waals surface area contributed by atoms with Crippen LogP contribution in [-0.2, 0) is 0 Å². The molecule has 0 bridgehead atoms. The summed E-state index contributed by atoms with van der Waals surface area (Å²) < 4.78 is 0. The van der Waals surface area contributed by atoms with Gasteiger partial charge in [-0.1, -0.05) is 11.6 Å². The molecule has 0 spiro atoms. The number of carbonyl (C=O) groups is 1. The van der Waals surface area contributed by atoms with Gasteiger partial charge in [-0.2, -0.15) is 0 Å². The summed E-state index contributed by atoms with van der Waals surface area (Å²) in [6, 6.07) is 3.32. The Bertz CT molecular complexity index is 450. The van der Waals surface area contributed by atoms with Crippen molar-refractivity contribution < 1.29 is 9.72 Å². The molecule has 17 heavy (non-hydrogen) atoms. The standard InChI is InChI=1S/C9H11ClN4O3/c1-13(2)12-9(15)11-8-4-3-6(14(16)17)5-7(8)10/h3-5H,1-2H3,(H2,11,12,15). The van der Waals surface area contributed by atoms with E-state index in [4.69, 9.17) is 11.6 Å². The molecule has 0 aliphatic heterocycles. The van der Waals surface area contributed by atoms with Gasteiger partial charge in [0.15, 0.2) is 0 Å². The van der Waals surface area contributed by atoms with Gasteiger partial charge in [0.2, 0.25) is 0 Å². The lowest BCUT2D eigenvalue weighted by atomic mass is 10.3. The number of benzene rings is 1. The minimum absolute atomic E-state index is 0.105. The average Bonchev–Trinajstić information content (AvgIpc) is 2.19. The van der Waals surface area contributed by atoms with E-state index in [-0.39, 0.29) is 10.7 Å². The number of hydrogen-bond acceptors (Lipinski definition) is 4. The summed E-state index contributed by atoms with van der Waals surface area (Å²) in [6.45, 7) is 0. The zero-order valence-electron chi connectivity index (χ0n) is 9.23. The van der Waals surface area contributed by atoms with Gasteiger partial charge in [-0.05, 0) is 6.07 Å². The molecule has 0 unspecified atom stereocenters. The van der Waals surface area contributed by atoms with E-state index in [1.54, 1.807) is 14.1 Å². The van der Waals surface area contributed by atoms with Crippen LogP contribution >= 0.6 is 11.6 Å². The summed E-state index contributed by atoms with van der Waals surface area (Å²) in [5, 5.41) is 14.5. The van der Waals surface area contributed by atoms with Crippen LogP contribution in [0.4, 0.5) is 16.2 Å². The number of rotatable bonds is 3. The highest BCUT2D eigenvalue weighted by molar-refractivity contribution is 6.33. The molecule has 8 heteroatoms. The van der Waals surface area contributed by atoms with Crippen molar-refractivity contribution in [2.45, 2.75) is 0 Å². The highest BCUT2D eigenvalue weighted by atomic mass is 35.5. The van der Waals surface area contributed by atoms with Gasteiger partial charge in [0.05, 0.1) is 15.6 Å². The molecule has 0 fully saturated rings. The van der Waals surface area contributed by atoms with E-state index >= 15 is 0 Å². The van der Waals surface area contributed by atoms with Crippen molar-refractivity contribution in [1.29, 1.82) is 0 Å². The third-order valence-corrected chi connectivity index (χ3v) is 2.05. The van der Waals surface area contributed by atoms with Crippen LogP contribution in [0.5, 0.6) is 0 Å². The first-order chi connectivity index (χ1) is 7.90. The normalized spacial score (nSPS) is 10.1. The Morgan fingerprint density at radius 2 is 2.12 bits per heavy atom. The van der Waals surface area contributed by atoms with Gasteiger partial charge in [0, 0.05) is 26.2 Å². The van der Waals surface area contributed by atoms with E-state index in [2.05, 4.69) is 10.7 Å². The zero-order chi connectivity index (χ0) is 13.0. The van der Waals surface area contributed by atoms with Gasteiger partial charge >= 0.3 is 6.03 Å². The van der Waals surface area contributed by atoms with E-state index in [9.17, 15) is 14.9 Å². The Hall–Kier alpha value is -1.86. The minimum atomic E-state index is -0.560. The molecule has 2 amide bonds. The molecule has 1 rings (SSSR count). The molecular formula is C9H11ClN4O3. The van der Waals surface area contributed by atoms with Crippen molar-refractivity contribution in [1.82, 2.24) is 10.4 Å². The van der Waals surface area contributed by atoms with Gasteiger partial charge in [-0.15, -0.1) is 0 Å². The molecule has 0 aliphatic rings. The largest absolute Gasteiger partial charge is 0.333 e. The van der Waals surface area contributed by atoms with Crippen LogP contribution in [0, 0.1) is 10.1 Å². The predicted molar refractivity (Wildman–Crippen MR) is 63.9 cm³/mol. The lowest BCUT2D eigenvalue weighted by molar-refractivity contribution is -0.384. The van der Waals surface area contributed by atoms with E-state index in [0.717, 1.165) is 0 Å². The second kappa shape index (κ2) is 5.46. The van der Waals surface area contributed by atoms with Crippen LogP contribution < -0.4 is 10.7 Å². The monoisotopic (exact) mass is 258 g/mol. The molecule has 0 atom stereocenters. The molecule has 1 aromatic rings. The molecule has 1 aromatic carbocycles. The first-order valence-corrected chi connectivity index (χ1v) is 4.97. The summed E-state index contributed by atoms with van der Waals surface area (Å²) in [6.07, 6.45) is 0. The first-order valence-electron chi connectivity index (χ1n) is 4.59. The highest BCUT2D eigenvalue weighted by Crippen LogP contribution is 2.26. The molecule has 92 valence electrons.